The van der Waals surface area contributed by atoms with Crippen LogP contribution in [0.4, 0.5) is 0 Å². The molecule has 2 atom stereocenters. The third kappa shape index (κ3) is 2.46. The van der Waals surface area contributed by atoms with Crippen molar-refractivity contribution < 1.29 is 4.79 Å². The minimum atomic E-state index is -0.423. The number of carbonyl (C=O) groups is 1. The standard InChI is InChI=1S/C11H19N5O/c1-8(12)11(17)16-5-3-4-9(6-16)10-14-13-7-15(10)2/h7-9H,3-6,12H2,1-2H3/t8-,9?/m1/s1. The first-order valence-corrected chi connectivity index (χ1v) is 5.98. The molecule has 1 fully saturated rings. The van der Waals surface area contributed by atoms with E-state index in [0.29, 0.717) is 6.54 Å². The summed E-state index contributed by atoms with van der Waals surface area (Å²) in [5.41, 5.74) is 5.64. The Morgan fingerprint density at radius 1 is 1.65 bits per heavy atom. The minimum Gasteiger partial charge on any atom is -0.341 e. The molecule has 2 heterocycles. The third-order valence-electron chi connectivity index (χ3n) is 3.23. The van der Waals surface area contributed by atoms with E-state index in [4.69, 9.17) is 5.73 Å². The smallest absolute Gasteiger partial charge is 0.239 e. The van der Waals surface area contributed by atoms with Crippen LogP contribution in [0.1, 0.15) is 31.5 Å². The molecule has 94 valence electrons. The van der Waals surface area contributed by atoms with E-state index in [9.17, 15) is 4.79 Å². The molecule has 1 aromatic heterocycles. The Bertz CT molecular complexity index is 400. The molecule has 1 aliphatic rings. The molecular weight excluding hydrogens is 218 g/mol. The predicted molar refractivity (Wildman–Crippen MR) is 63.2 cm³/mol. The van der Waals surface area contributed by atoms with Crippen LogP contribution in [0.25, 0.3) is 0 Å². The van der Waals surface area contributed by atoms with Gasteiger partial charge in [-0.25, -0.2) is 0 Å². The maximum Gasteiger partial charge on any atom is 0.239 e. The van der Waals surface area contributed by atoms with Crippen LogP contribution in [0.3, 0.4) is 0 Å². The van der Waals surface area contributed by atoms with Gasteiger partial charge in [0.2, 0.25) is 5.91 Å². The highest BCUT2D eigenvalue weighted by atomic mass is 16.2. The summed E-state index contributed by atoms with van der Waals surface area (Å²) in [5, 5.41) is 8.01. The van der Waals surface area contributed by atoms with Crippen molar-refractivity contribution in [3.63, 3.8) is 0 Å². The number of amides is 1. The Balaban J connectivity index is 2.08. The molecule has 1 amide bonds. The molecule has 1 unspecified atom stereocenters. The Labute approximate surface area is 101 Å². The highest BCUT2D eigenvalue weighted by Gasteiger charge is 2.28. The molecule has 1 saturated heterocycles. The SMILES string of the molecule is C[C@@H](N)C(=O)N1CCCC(c2nncn2C)C1. The van der Waals surface area contributed by atoms with Crippen molar-refractivity contribution in [1.29, 1.82) is 0 Å². The van der Waals surface area contributed by atoms with Crippen LogP contribution in [0.2, 0.25) is 0 Å². The molecule has 0 spiro atoms. The van der Waals surface area contributed by atoms with Crippen LogP contribution < -0.4 is 5.73 Å². The van der Waals surface area contributed by atoms with Crippen molar-refractivity contribution in [2.24, 2.45) is 12.8 Å². The zero-order valence-corrected chi connectivity index (χ0v) is 10.3. The molecule has 0 saturated carbocycles. The van der Waals surface area contributed by atoms with Gasteiger partial charge in [0.15, 0.2) is 0 Å². The molecular formula is C11H19N5O. The average Bonchev–Trinajstić information content (AvgIpc) is 2.74. The fourth-order valence-electron chi connectivity index (χ4n) is 2.34. The lowest BCUT2D eigenvalue weighted by Gasteiger charge is -2.33. The molecule has 0 bridgehead atoms. The Hall–Kier alpha value is -1.43. The fourth-order valence-corrected chi connectivity index (χ4v) is 2.34. The van der Waals surface area contributed by atoms with Crippen molar-refractivity contribution in [3.8, 4) is 0 Å². The summed E-state index contributed by atoms with van der Waals surface area (Å²) < 4.78 is 1.92. The molecule has 17 heavy (non-hydrogen) atoms. The van der Waals surface area contributed by atoms with Crippen molar-refractivity contribution >= 4 is 5.91 Å². The van der Waals surface area contributed by atoms with Crippen LogP contribution in [-0.2, 0) is 11.8 Å². The van der Waals surface area contributed by atoms with Gasteiger partial charge in [-0.3, -0.25) is 4.79 Å². The topological polar surface area (TPSA) is 77.0 Å². The number of hydrogen-bond donors (Lipinski definition) is 1. The molecule has 0 aromatic carbocycles. The molecule has 2 N–H and O–H groups in total. The normalized spacial score (nSPS) is 22.5. The van der Waals surface area contributed by atoms with Crippen LogP contribution in [0.5, 0.6) is 0 Å². The monoisotopic (exact) mass is 237 g/mol. The van der Waals surface area contributed by atoms with Gasteiger partial charge in [0, 0.05) is 26.1 Å². The highest BCUT2D eigenvalue weighted by Crippen LogP contribution is 2.25. The summed E-state index contributed by atoms with van der Waals surface area (Å²) in [4.78, 5) is 13.7. The Morgan fingerprint density at radius 2 is 2.41 bits per heavy atom. The zero-order valence-electron chi connectivity index (χ0n) is 10.3. The lowest BCUT2D eigenvalue weighted by Crippen LogP contribution is -2.46. The largest absolute Gasteiger partial charge is 0.341 e. The summed E-state index contributed by atoms with van der Waals surface area (Å²) in [7, 11) is 1.93. The number of nitrogens with zero attached hydrogens (tertiary/aromatic N) is 4. The van der Waals surface area contributed by atoms with E-state index < -0.39 is 6.04 Å². The first-order valence-electron chi connectivity index (χ1n) is 5.98. The van der Waals surface area contributed by atoms with Gasteiger partial charge in [-0.05, 0) is 19.8 Å². The fraction of sp³-hybridized carbons (Fsp3) is 0.727. The molecule has 6 nitrogen and oxygen atoms in total. The maximum atomic E-state index is 11.9. The lowest BCUT2D eigenvalue weighted by molar-refractivity contribution is -0.133. The summed E-state index contributed by atoms with van der Waals surface area (Å²) in [6.07, 6.45) is 3.74. The second-order valence-electron chi connectivity index (χ2n) is 4.71. The van der Waals surface area contributed by atoms with E-state index in [1.54, 1.807) is 13.3 Å². The van der Waals surface area contributed by atoms with Crippen molar-refractivity contribution in [2.45, 2.75) is 31.7 Å². The lowest BCUT2D eigenvalue weighted by atomic mass is 9.96. The average molecular weight is 237 g/mol. The van der Waals surface area contributed by atoms with E-state index >= 15 is 0 Å². The Kier molecular flexibility index (Phi) is 3.42. The van der Waals surface area contributed by atoms with Crippen LogP contribution in [0, 0.1) is 0 Å². The molecule has 1 aromatic rings. The van der Waals surface area contributed by atoms with Gasteiger partial charge >= 0.3 is 0 Å². The number of piperidine rings is 1. The van der Waals surface area contributed by atoms with Crippen LogP contribution in [0.15, 0.2) is 6.33 Å². The zero-order chi connectivity index (χ0) is 12.4. The van der Waals surface area contributed by atoms with E-state index in [2.05, 4.69) is 10.2 Å². The highest BCUT2D eigenvalue weighted by molar-refractivity contribution is 5.81. The first kappa shape index (κ1) is 12.0. The predicted octanol–water partition coefficient (Wildman–Crippen LogP) is -0.132. The summed E-state index contributed by atoms with van der Waals surface area (Å²) in [6, 6.07) is -0.423. The molecule has 0 radical (unpaired) electrons. The maximum absolute atomic E-state index is 11.9. The van der Waals surface area contributed by atoms with Crippen LogP contribution in [-0.4, -0.2) is 44.7 Å². The van der Waals surface area contributed by atoms with Gasteiger partial charge in [-0.15, -0.1) is 10.2 Å². The van der Waals surface area contributed by atoms with Crippen LogP contribution >= 0.6 is 0 Å². The van der Waals surface area contributed by atoms with Crippen molar-refractivity contribution in [3.05, 3.63) is 12.2 Å². The van der Waals surface area contributed by atoms with Gasteiger partial charge in [0.05, 0.1) is 6.04 Å². The second-order valence-corrected chi connectivity index (χ2v) is 4.71. The molecule has 1 aliphatic heterocycles. The number of carbonyl (C=O) groups excluding carboxylic acids is 1. The minimum absolute atomic E-state index is 0.0249. The number of aromatic nitrogens is 3. The van der Waals surface area contributed by atoms with Gasteiger partial charge in [-0.1, -0.05) is 0 Å². The number of nitrogens with two attached hydrogens (primary N) is 1. The number of rotatable bonds is 2. The second kappa shape index (κ2) is 4.83. The van der Waals surface area contributed by atoms with Gasteiger partial charge in [-0.2, -0.15) is 0 Å². The molecule has 6 heteroatoms. The van der Waals surface area contributed by atoms with Crippen molar-refractivity contribution in [2.75, 3.05) is 13.1 Å². The summed E-state index contributed by atoms with van der Waals surface area (Å²) in [5.74, 6) is 1.25. The number of hydrogen-bond acceptors (Lipinski definition) is 4. The molecule has 0 aliphatic carbocycles. The van der Waals surface area contributed by atoms with E-state index in [1.807, 2.05) is 16.5 Å². The summed E-state index contributed by atoms with van der Waals surface area (Å²) in [6.45, 7) is 3.23. The molecule has 2 rings (SSSR count). The third-order valence-corrected chi connectivity index (χ3v) is 3.23. The van der Waals surface area contributed by atoms with E-state index in [1.165, 1.54) is 0 Å². The van der Waals surface area contributed by atoms with Gasteiger partial charge in [0.25, 0.3) is 0 Å². The van der Waals surface area contributed by atoms with Gasteiger partial charge in [0.1, 0.15) is 12.2 Å². The van der Waals surface area contributed by atoms with E-state index in [0.717, 1.165) is 25.2 Å². The van der Waals surface area contributed by atoms with E-state index in [-0.39, 0.29) is 11.8 Å². The number of likely N-dealkylation sites (tertiary alicyclic amines) is 1. The van der Waals surface area contributed by atoms with Crippen molar-refractivity contribution in [1.82, 2.24) is 19.7 Å². The summed E-state index contributed by atoms with van der Waals surface area (Å²) >= 11 is 0. The Morgan fingerprint density at radius 3 is 3.00 bits per heavy atom. The van der Waals surface area contributed by atoms with Gasteiger partial charge < -0.3 is 15.2 Å². The first-order chi connectivity index (χ1) is 8.09. The number of aryl methyl sites for hydroxylation is 1. The quantitative estimate of drug-likeness (QED) is 0.777.